The Hall–Kier alpha value is -2.49. The van der Waals surface area contributed by atoms with Gasteiger partial charge in [-0.3, -0.25) is 4.90 Å². The number of nitrogens with one attached hydrogen (secondary N) is 1. The van der Waals surface area contributed by atoms with E-state index in [0.717, 1.165) is 16.8 Å². The van der Waals surface area contributed by atoms with E-state index in [4.69, 9.17) is 5.73 Å². The normalized spacial score (nSPS) is 10.2. The Balaban J connectivity index is 2.16. The van der Waals surface area contributed by atoms with Gasteiger partial charge in [0.05, 0.1) is 0 Å². The summed E-state index contributed by atoms with van der Waals surface area (Å²) in [6.45, 7) is 4.03. The summed E-state index contributed by atoms with van der Waals surface area (Å²) in [5, 5.41) is 2.83. The average Bonchev–Trinajstić information content (AvgIpc) is 2.36. The van der Waals surface area contributed by atoms with Gasteiger partial charge in [-0.2, -0.15) is 0 Å². The van der Waals surface area contributed by atoms with E-state index in [-0.39, 0.29) is 6.03 Å². The fraction of sp³-hybridized carbons (Fsp3) is 0.188. The zero-order chi connectivity index (χ0) is 14.7. The maximum atomic E-state index is 12.2. The first-order valence-corrected chi connectivity index (χ1v) is 6.44. The number of rotatable bonds is 2. The van der Waals surface area contributed by atoms with Crippen molar-refractivity contribution in [1.29, 1.82) is 0 Å². The molecule has 2 aromatic rings. The second-order valence-corrected chi connectivity index (χ2v) is 4.96. The van der Waals surface area contributed by atoms with Crippen LogP contribution >= 0.6 is 0 Å². The van der Waals surface area contributed by atoms with E-state index in [9.17, 15) is 4.79 Å². The molecule has 0 aliphatic heterocycles. The summed E-state index contributed by atoms with van der Waals surface area (Å²) in [6, 6.07) is 13.0. The van der Waals surface area contributed by atoms with Gasteiger partial charge >= 0.3 is 6.03 Å². The molecule has 0 aliphatic rings. The molecule has 4 heteroatoms. The Morgan fingerprint density at radius 2 is 1.75 bits per heavy atom. The Morgan fingerprint density at radius 1 is 1.10 bits per heavy atom. The maximum Gasteiger partial charge on any atom is 0.326 e. The van der Waals surface area contributed by atoms with E-state index in [1.807, 2.05) is 38.1 Å². The molecule has 0 spiro atoms. The van der Waals surface area contributed by atoms with Gasteiger partial charge in [-0.25, -0.2) is 4.79 Å². The molecular weight excluding hydrogens is 250 g/mol. The number of nitrogen functional groups attached to an aromatic ring is 1. The molecule has 4 nitrogen and oxygen atoms in total. The molecule has 0 radical (unpaired) electrons. The predicted molar refractivity (Wildman–Crippen MR) is 84.2 cm³/mol. The molecule has 2 rings (SSSR count). The first kappa shape index (κ1) is 13.9. The first-order chi connectivity index (χ1) is 9.45. The minimum atomic E-state index is -0.194. The molecule has 104 valence electrons. The van der Waals surface area contributed by atoms with Crippen LogP contribution < -0.4 is 16.0 Å². The number of benzene rings is 2. The minimum Gasteiger partial charge on any atom is -0.399 e. The van der Waals surface area contributed by atoms with E-state index in [1.54, 1.807) is 24.1 Å². The van der Waals surface area contributed by atoms with Crippen LogP contribution in [0.3, 0.4) is 0 Å². The van der Waals surface area contributed by atoms with Crippen molar-refractivity contribution in [1.82, 2.24) is 0 Å². The van der Waals surface area contributed by atoms with Crippen LogP contribution in [0.15, 0.2) is 42.5 Å². The molecule has 0 atom stereocenters. The molecule has 0 fully saturated rings. The van der Waals surface area contributed by atoms with E-state index in [2.05, 4.69) is 11.4 Å². The van der Waals surface area contributed by atoms with Gasteiger partial charge in [0.1, 0.15) is 0 Å². The SMILES string of the molecule is Cc1cc(C)cc(N(C)C(=O)Nc2cccc(N)c2)c1. The summed E-state index contributed by atoms with van der Waals surface area (Å²) < 4.78 is 0. The molecule has 0 saturated carbocycles. The van der Waals surface area contributed by atoms with Gasteiger partial charge in [0.15, 0.2) is 0 Å². The highest BCUT2D eigenvalue weighted by molar-refractivity contribution is 6.01. The van der Waals surface area contributed by atoms with E-state index in [0.29, 0.717) is 11.4 Å². The van der Waals surface area contributed by atoms with Gasteiger partial charge in [-0.05, 0) is 55.3 Å². The van der Waals surface area contributed by atoms with Crippen molar-refractivity contribution >= 4 is 23.1 Å². The van der Waals surface area contributed by atoms with Crippen molar-refractivity contribution in [3.8, 4) is 0 Å². The smallest absolute Gasteiger partial charge is 0.326 e. The molecule has 0 saturated heterocycles. The highest BCUT2D eigenvalue weighted by atomic mass is 16.2. The van der Waals surface area contributed by atoms with Gasteiger partial charge in [0.2, 0.25) is 0 Å². The summed E-state index contributed by atoms with van der Waals surface area (Å²) in [7, 11) is 1.75. The Kier molecular flexibility index (Phi) is 3.94. The summed E-state index contributed by atoms with van der Waals surface area (Å²) in [5.74, 6) is 0. The fourth-order valence-electron chi connectivity index (χ4n) is 2.09. The standard InChI is InChI=1S/C16H19N3O/c1-11-7-12(2)9-15(8-11)19(3)16(20)18-14-6-4-5-13(17)10-14/h4-10H,17H2,1-3H3,(H,18,20). The predicted octanol–water partition coefficient (Wildman–Crippen LogP) is 3.55. The molecule has 0 aliphatic carbocycles. The molecule has 0 bridgehead atoms. The van der Waals surface area contributed by atoms with Crippen LogP contribution in [-0.4, -0.2) is 13.1 Å². The van der Waals surface area contributed by atoms with Crippen LogP contribution in [0.2, 0.25) is 0 Å². The number of nitrogens with zero attached hydrogens (tertiary/aromatic N) is 1. The topological polar surface area (TPSA) is 58.4 Å². The largest absolute Gasteiger partial charge is 0.399 e. The van der Waals surface area contributed by atoms with Crippen LogP contribution in [-0.2, 0) is 0 Å². The van der Waals surface area contributed by atoms with Crippen molar-refractivity contribution in [3.63, 3.8) is 0 Å². The fourth-order valence-corrected chi connectivity index (χ4v) is 2.09. The lowest BCUT2D eigenvalue weighted by Crippen LogP contribution is -2.31. The zero-order valence-corrected chi connectivity index (χ0v) is 12.0. The zero-order valence-electron chi connectivity index (χ0n) is 12.0. The van der Waals surface area contributed by atoms with E-state index < -0.39 is 0 Å². The lowest BCUT2D eigenvalue weighted by Gasteiger charge is -2.19. The van der Waals surface area contributed by atoms with Crippen molar-refractivity contribution in [3.05, 3.63) is 53.6 Å². The lowest BCUT2D eigenvalue weighted by molar-refractivity contribution is 0.258. The summed E-state index contributed by atoms with van der Waals surface area (Å²) >= 11 is 0. The quantitative estimate of drug-likeness (QED) is 0.819. The van der Waals surface area contributed by atoms with Crippen LogP contribution in [0, 0.1) is 13.8 Å². The maximum absolute atomic E-state index is 12.2. The summed E-state index contributed by atoms with van der Waals surface area (Å²) in [4.78, 5) is 13.8. The average molecular weight is 269 g/mol. The first-order valence-electron chi connectivity index (χ1n) is 6.44. The number of amides is 2. The lowest BCUT2D eigenvalue weighted by atomic mass is 10.1. The van der Waals surface area contributed by atoms with Crippen LogP contribution in [0.25, 0.3) is 0 Å². The van der Waals surface area contributed by atoms with Crippen molar-refractivity contribution in [2.45, 2.75) is 13.8 Å². The monoisotopic (exact) mass is 269 g/mol. The molecule has 0 heterocycles. The second kappa shape index (κ2) is 5.65. The van der Waals surface area contributed by atoms with Gasteiger partial charge in [0.25, 0.3) is 0 Å². The Bertz CT molecular complexity index is 617. The number of aryl methyl sites for hydroxylation is 2. The van der Waals surface area contributed by atoms with Crippen molar-refractivity contribution in [2.24, 2.45) is 0 Å². The Morgan fingerprint density at radius 3 is 2.35 bits per heavy atom. The number of carbonyl (C=O) groups is 1. The molecule has 2 amide bonds. The minimum absolute atomic E-state index is 0.194. The number of urea groups is 1. The van der Waals surface area contributed by atoms with Crippen molar-refractivity contribution < 1.29 is 4.79 Å². The molecule has 20 heavy (non-hydrogen) atoms. The van der Waals surface area contributed by atoms with Crippen LogP contribution in [0.1, 0.15) is 11.1 Å². The number of anilines is 3. The molecule has 0 aromatic heterocycles. The van der Waals surface area contributed by atoms with E-state index in [1.165, 1.54) is 0 Å². The third-order valence-corrected chi connectivity index (χ3v) is 3.04. The Labute approximate surface area is 119 Å². The van der Waals surface area contributed by atoms with Crippen LogP contribution in [0.5, 0.6) is 0 Å². The molecular formula is C16H19N3O. The summed E-state index contributed by atoms with van der Waals surface area (Å²) in [6.07, 6.45) is 0. The molecule has 3 N–H and O–H groups in total. The van der Waals surface area contributed by atoms with Crippen molar-refractivity contribution in [2.75, 3.05) is 23.0 Å². The molecule has 0 unspecified atom stereocenters. The second-order valence-electron chi connectivity index (χ2n) is 4.96. The highest BCUT2D eigenvalue weighted by Gasteiger charge is 2.11. The van der Waals surface area contributed by atoms with E-state index >= 15 is 0 Å². The number of hydrogen-bond donors (Lipinski definition) is 2. The van der Waals surface area contributed by atoms with Gasteiger partial charge in [-0.15, -0.1) is 0 Å². The number of carbonyl (C=O) groups excluding carboxylic acids is 1. The van der Waals surface area contributed by atoms with Gasteiger partial charge < -0.3 is 11.1 Å². The number of hydrogen-bond acceptors (Lipinski definition) is 2. The number of nitrogens with two attached hydrogens (primary N) is 1. The third-order valence-electron chi connectivity index (χ3n) is 3.04. The highest BCUT2D eigenvalue weighted by Crippen LogP contribution is 2.19. The summed E-state index contributed by atoms with van der Waals surface area (Å²) in [5.41, 5.74) is 10.1. The van der Waals surface area contributed by atoms with Gasteiger partial charge in [-0.1, -0.05) is 12.1 Å². The van der Waals surface area contributed by atoms with Crippen LogP contribution in [0.4, 0.5) is 21.9 Å². The third kappa shape index (κ3) is 3.29. The molecule has 2 aromatic carbocycles. The van der Waals surface area contributed by atoms with Gasteiger partial charge in [0, 0.05) is 24.1 Å².